The van der Waals surface area contributed by atoms with Crippen molar-refractivity contribution in [3.8, 4) is 0 Å². The fourth-order valence-corrected chi connectivity index (χ4v) is 2.88. The van der Waals surface area contributed by atoms with Crippen LogP contribution in [0.15, 0.2) is 24.3 Å². The molecule has 2 aliphatic heterocycles. The van der Waals surface area contributed by atoms with Crippen LogP contribution in [0.4, 0.5) is 10.5 Å². The van der Waals surface area contributed by atoms with E-state index in [0.29, 0.717) is 13.0 Å². The van der Waals surface area contributed by atoms with E-state index >= 15 is 0 Å². The first kappa shape index (κ1) is 12.0. The van der Waals surface area contributed by atoms with Gasteiger partial charge in [-0.05, 0) is 25.0 Å². The lowest BCUT2D eigenvalue weighted by Gasteiger charge is -2.23. The number of carbonyl (C=O) groups is 2. The molecule has 5 nitrogen and oxygen atoms in total. The summed E-state index contributed by atoms with van der Waals surface area (Å²) in [4.78, 5) is 25.4. The van der Waals surface area contributed by atoms with Gasteiger partial charge in [-0.2, -0.15) is 0 Å². The molecule has 3 rings (SSSR count). The van der Waals surface area contributed by atoms with Crippen LogP contribution in [0, 0.1) is 6.92 Å². The lowest BCUT2D eigenvalue weighted by molar-refractivity contribution is -0.119. The molecule has 0 radical (unpaired) electrons. The Morgan fingerprint density at radius 1 is 1.42 bits per heavy atom. The minimum absolute atomic E-state index is 0.0107. The smallest absolute Gasteiger partial charge is 0.322 e. The first-order valence-electron chi connectivity index (χ1n) is 6.58. The fraction of sp³-hybridized carbons (Fsp3) is 0.429. The maximum absolute atomic E-state index is 12.3. The highest BCUT2D eigenvalue weighted by atomic mass is 16.2. The van der Waals surface area contributed by atoms with Crippen molar-refractivity contribution in [2.24, 2.45) is 0 Å². The minimum Gasteiger partial charge on any atom is -0.351 e. The summed E-state index contributed by atoms with van der Waals surface area (Å²) in [5.41, 5.74) is 1.86. The third-order valence-corrected chi connectivity index (χ3v) is 3.93. The van der Waals surface area contributed by atoms with E-state index in [4.69, 9.17) is 0 Å². The molecule has 0 bridgehead atoms. The van der Waals surface area contributed by atoms with Crippen LogP contribution in [0.3, 0.4) is 0 Å². The van der Waals surface area contributed by atoms with Crippen LogP contribution >= 0.6 is 0 Å². The molecule has 100 valence electrons. The summed E-state index contributed by atoms with van der Waals surface area (Å²) in [6, 6.07) is 7.72. The van der Waals surface area contributed by atoms with Crippen molar-refractivity contribution < 1.29 is 9.59 Å². The molecule has 2 heterocycles. The number of anilines is 1. The minimum atomic E-state index is -0.113. The third kappa shape index (κ3) is 2.16. The highest BCUT2D eigenvalue weighted by molar-refractivity contribution is 5.91. The second-order valence-electron chi connectivity index (χ2n) is 5.17. The topological polar surface area (TPSA) is 61.4 Å². The van der Waals surface area contributed by atoms with Crippen molar-refractivity contribution in [2.75, 3.05) is 11.9 Å². The van der Waals surface area contributed by atoms with Gasteiger partial charge in [0.25, 0.3) is 0 Å². The summed E-state index contributed by atoms with van der Waals surface area (Å²) in [6.07, 6.45) is 1.27. The SMILES string of the molecule is Cc1ccccc1NC(=O)N1CCC2NC(=O)CC21. The van der Waals surface area contributed by atoms with Crippen molar-refractivity contribution in [1.82, 2.24) is 10.2 Å². The maximum Gasteiger partial charge on any atom is 0.322 e. The van der Waals surface area contributed by atoms with Crippen molar-refractivity contribution in [3.63, 3.8) is 0 Å². The number of aryl methyl sites for hydroxylation is 1. The molecule has 2 fully saturated rings. The van der Waals surface area contributed by atoms with E-state index in [-0.39, 0.29) is 24.0 Å². The van der Waals surface area contributed by atoms with Crippen LogP contribution in [-0.2, 0) is 4.79 Å². The van der Waals surface area contributed by atoms with Gasteiger partial charge < -0.3 is 15.5 Å². The van der Waals surface area contributed by atoms with E-state index in [1.165, 1.54) is 0 Å². The molecule has 2 saturated heterocycles. The van der Waals surface area contributed by atoms with E-state index in [9.17, 15) is 9.59 Å². The van der Waals surface area contributed by atoms with Crippen LogP contribution in [0.1, 0.15) is 18.4 Å². The van der Waals surface area contributed by atoms with Gasteiger partial charge in [-0.15, -0.1) is 0 Å². The Hall–Kier alpha value is -2.04. The summed E-state index contributed by atoms with van der Waals surface area (Å²) >= 11 is 0. The van der Waals surface area contributed by atoms with Crippen molar-refractivity contribution >= 4 is 17.6 Å². The fourth-order valence-electron chi connectivity index (χ4n) is 2.88. The van der Waals surface area contributed by atoms with Gasteiger partial charge in [-0.3, -0.25) is 4.79 Å². The van der Waals surface area contributed by atoms with Gasteiger partial charge in [0.15, 0.2) is 0 Å². The van der Waals surface area contributed by atoms with E-state index in [1.807, 2.05) is 31.2 Å². The number of para-hydroxylation sites is 1. The van der Waals surface area contributed by atoms with Gasteiger partial charge in [-0.25, -0.2) is 4.79 Å². The Morgan fingerprint density at radius 2 is 2.21 bits per heavy atom. The van der Waals surface area contributed by atoms with Gasteiger partial charge in [0.1, 0.15) is 0 Å². The lowest BCUT2D eigenvalue weighted by Crippen LogP contribution is -2.41. The second kappa shape index (κ2) is 4.57. The van der Waals surface area contributed by atoms with E-state index in [0.717, 1.165) is 17.7 Å². The summed E-state index contributed by atoms with van der Waals surface area (Å²) in [5.74, 6) is 0.0448. The van der Waals surface area contributed by atoms with Crippen molar-refractivity contribution in [1.29, 1.82) is 0 Å². The highest BCUT2D eigenvalue weighted by Crippen LogP contribution is 2.26. The number of fused-ring (bicyclic) bond motifs is 1. The zero-order valence-electron chi connectivity index (χ0n) is 10.8. The molecule has 2 N–H and O–H groups in total. The first-order valence-corrected chi connectivity index (χ1v) is 6.58. The number of rotatable bonds is 1. The van der Waals surface area contributed by atoms with Gasteiger partial charge in [0.05, 0.1) is 12.1 Å². The summed E-state index contributed by atoms with van der Waals surface area (Å²) < 4.78 is 0. The average molecular weight is 259 g/mol. The first-order chi connectivity index (χ1) is 9.15. The van der Waals surface area contributed by atoms with Crippen LogP contribution in [-0.4, -0.2) is 35.5 Å². The molecule has 0 spiro atoms. The Kier molecular flexibility index (Phi) is 2.89. The lowest BCUT2D eigenvalue weighted by atomic mass is 10.1. The summed E-state index contributed by atoms with van der Waals surface area (Å²) in [7, 11) is 0. The normalized spacial score (nSPS) is 25.1. The monoisotopic (exact) mass is 259 g/mol. The average Bonchev–Trinajstić information content (AvgIpc) is 2.90. The molecule has 0 aromatic heterocycles. The van der Waals surface area contributed by atoms with Gasteiger partial charge in [0, 0.05) is 18.7 Å². The van der Waals surface area contributed by atoms with Crippen LogP contribution in [0.5, 0.6) is 0 Å². The number of nitrogens with zero attached hydrogens (tertiary/aromatic N) is 1. The molecule has 1 aromatic carbocycles. The molecule has 1 aromatic rings. The third-order valence-electron chi connectivity index (χ3n) is 3.93. The maximum atomic E-state index is 12.3. The Balaban J connectivity index is 1.71. The molecule has 5 heteroatoms. The highest BCUT2D eigenvalue weighted by Gasteiger charge is 2.43. The predicted molar refractivity (Wildman–Crippen MR) is 71.9 cm³/mol. The molecule has 2 aliphatic rings. The predicted octanol–water partition coefficient (Wildman–Crippen LogP) is 1.49. The molecule has 19 heavy (non-hydrogen) atoms. The van der Waals surface area contributed by atoms with Gasteiger partial charge in [-0.1, -0.05) is 18.2 Å². The number of amides is 3. The number of nitrogens with one attached hydrogen (secondary N) is 2. The molecule has 2 atom stereocenters. The van der Waals surface area contributed by atoms with Crippen molar-refractivity contribution in [2.45, 2.75) is 31.8 Å². The summed E-state index contributed by atoms with van der Waals surface area (Å²) in [5, 5.41) is 5.84. The van der Waals surface area contributed by atoms with Crippen molar-refractivity contribution in [3.05, 3.63) is 29.8 Å². The molecular weight excluding hydrogens is 242 g/mol. The quantitative estimate of drug-likeness (QED) is 0.802. The second-order valence-corrected chi connectivity index (χ2v) is 5.17. The Bertz CT molecular complexity index is 529. The van der Waals surface area contributed by atoms with E-state index in [1.54, 1.807) is 4.90 Å². The Morgan fingerprint density at radius 3 is 3.00 bits per heavy atom. The number of hydrogen-bond acceptors (Lipinski definition) is 2. The van der Waals surface area contributed by atoms with Gasteiger partial charge in [0.2, 0.25) is 5.91 Å². The molecule has 3 amide bonds. The standard InChI is InChI=1S/C14H17N3O2/c1-9-4-2-3-5-10(9)16-14(19)17-7-6-11-12(17)8-13(18)15-11/h2-5,11-12H,6-8H2,1H3,(H,15,18)(H,16,19). The van der Waals surface area contributed by atoms with Crippen LogP contribution in [0.2, 0.25) is 0 Å². The largest absolute Gasteiger partial charge is 0.351 e. The zero-order valence-corrected chi connectivity index (χ0v) is 10.8. The Labute approximate surface area is 112 Å². The number of urea groups is 1. The number of hydrogen-bond donors (Lipinski definition) is 2. The summed E-state index contributed by atoms with van der Waals surface area (Å²) in [6.45, 7) is 2.66. The van der Waals surface area contributed by atoms with Crippen LogP contribution in [0.25, 0.3) is 0 Å². The molecule has 0 aliphatic carbocycles. The van der Waals surface area contributed by atoms with E-state index in [2.05, 4.69) is 10.6 Å². The van der Waals surface area contributed by atoms with Crippen LogP contribution < -0.4 is 10.6 Å². The van der Waals surface area contributed by atoms with Gasteiger partial charge >= 0.3 is 6.03 Å². The number of likely N-dealkylation sites (tertiary alicyclic amines) is 1. The van der Waals surface area contributed by atoms with E-state index < -0.39 is 0 Å². The molecular formula is C14H17N3O2. The number of benzene rings is 1. The zero-order chi connectivity index (χ0) is 13.4. The molecule has 0 saturated carbocycles. The number of carbonyl (C=O) groups excluding carboxylic acids is 2. The molecule has 2 unspecified atom stereocenters.